The second kappa shape index (κ2) is 6.78. The van der Waals surface area contributed by atoms with E-state index < -0.39 is 0 Å². The Morgan fingerprint density at radius 3 is 2.62 bits per heavy atom. The molecule has 2 aromatic heterocycles. The summed E-state index contributed by atoms with van der Waals surface area (Å²) in [6, 6.07) is 0.395. The predicted molar refractivity (Wildman–Crippen MR) is 97.1 cm³/mol. The van der Waals surface area contributed by atoms with E-state index in [1.54, 1.807) is 0 Å². The summed E-state index contributed by atoms with van der Waals surface area (Å²) in [6.07, 6.45) is 4.12. The highest BCUT2D eigenvalue weighted by Crippen LogP contribution is 2.36. The molecule has 0 N–H and O–H groups in total. The fourth-order valence-electron chi connectivity index (χ4n) is 3.96. The first-order valence-electron chi connectivity index (χ1n) is 9.63. The Balaban J connectivity index is 1.38. The van der Waals surface area contributed by atoms with Gasteiger partial charge in [0.05, 0.1) is 11.1 Å². The van der Waals surface area contributed by atoms with Crippen LogP contribution in [0.3, 0.4) is 0 Å². The molecule has 0 aliphatic carbocycles. The normalized spacial score (nSPS) is 21.3. The molecule has 0 amide bonds. The van der Waals surface area contributed by atoms with E-state index in [4.69, 9.17) is 9.15 Å². The van der Waals surface area contributed by atoms with Crippen LogP contribution >= 0.6 is 0 Å². The molecule has 0 radical (unpaired) electrons. The highest BCUT2D eigenvalue weighted by atomic mass is 16.5. The van der Waals surface area contributed by atoms with Gasteiger partial charge in [-0.05, 0) is 40.5 Å². The molecule has 2 aliphatic heterocycles. The molecule has 0 saturated carbocycles. The minimum absolute atomic E-state index is 0.0433. The third-order valence-electron chi connectivity index (χ3n) is 5.61. The van der Waals surface area contributed by atoms with Gasteiger partial charge in [0.1, 0.15) is 0 Å². The SMILES string of the molecule is Cc1nn(C(C)C)cc1CN1CC(C)(c2nnc(C3CCOCC3)o2)C1. The van der Waals surface area contributed by atoms with Crippen LogP contribution in [-0.2, 0) is 16.7 Å². The maximum absolute atomic E-state index is 6.07. The van der Waals surface area contributed by atoms with E-state index >= 15 is 0 Å². The van der Waals surface area contributed by atoms with Crippen molar-refractivity contribution in [3.05, 3.63) is 29.2 Å². The number of aromatic nitrogens is 4. The Bertz CT molecular complexity index is 754. The second-order valence-corrected chi connectivity index (χ2v) is 8.35. The van der Waals surface area contributed by atoms with Gasteiger partial charge in [-0.25, -0.2) is 0 Å². The molecule has 4 rings (SSSR count). The van der Waals surface area contributed by atoms with Crippen molar-refractivity contribution in [3.8, 4) is 0 Å². The Morgan fingerprint density at radius 1 is 1.23 bits per heavy atom. The van der Waals surface area contributed by atoms with Crippen LogP contribution in [0.25, 0.3) is 0 Å². The van der Waals surface area contributed by atoms with Crippen molar-refractivity contribution in [2.75, 3.05) is 26.3 Å². The molecule has 2 fully saturated rings. The maximum atomic E-state index is 6.07. The first-order valence-corrected chi connectivity index (χ1v) is 9.63. The zero-order valence-electron chi connectivity index (χ0n) is 16.2. The van der Waals surface area contributed by atoms with Crippen molar-refractivity contribution in [3.63, 3.8) is 0 Å². The third kappa shape index (κ3) is 3.30. The van der Waals surface area contributed by atoms with Gasteiger partial charge in [0.15, 0.2) is 0 Å². The van der Waals surface area contributed by atoms with Gasteiger partial charge in [0.25, 0.3) is 0 Å². The predicted octanol–water partition coefficient (Wildman–Crippen LogP) is 2.82. The summed E-state index contributed by atoms with van der Waals surface area (Å²) < 4.78 is 13.5. The first-order chi connectivity index (χ1) is 12.4. The molecule has 2 aromatic rings. The van der Waals surface area contributed by atoms with Crippen LogP contribution in [0.1, 0.15) is 68.6 Å². The average molecular weight is 359 g/mol. The average Bonchev–Trinajstić information content (AvgIpc) is 3.22. The number of rotatable bonds is 5. The fourth-order valence-corrected chi connectivity index (χ4v) is 3.96. The van der Waals surface area contributed by atoms with E-state index in [1.807, 2.05) is 4.68 Å². The number of nitrogens with zero attached hydrogens (tertiary/aromatic N) is 5. The molecule has 2 saturated heterocycles. The summed E-state index contributed by atoms with van der Waals surface area (Å²) in [5.41, 5.74) is 2.37. The van der Waals surface area contributed by atoms with E-state index in [-0.39, 0.29) is 5.41 Å². The van der Waals surface area contributed by atoms with Crippen molar-refractivity contribution in [1.82, 2.24) is 24.9 Å². The molecule has 0 atom stereocenters. The Morgan fingerprint density at radius 2 is 1.96 bits per heavy atom. The van der Waals surface area contributed by atoms with Crippen LogP contribution < -0.4 is 0 Å². The summed E-state index contributed by atoms with van der Waals surface area (Å²) in [5.74, 6) is 1.93. The standard InChI is InChI=1S/C19H29N5O2/c1-13(2)24-10-16(14(3)22-24)9-23-11-19(4,12-23)18-21-20-17(26-18)15-5-7-25-8-6-15/h10,13,15H,5-9,11-12H2,1-4H3. The lowest BCUT2D eigenvalue weighted by atomic mass is 9.81. The zero-order valence-corrected chi connectivity index (χ0v) is 16.2. The largest absolute Gasteiger partial charge is 0.424 e. The van der Waals surface area contributed by atoms with E-state index in [2.05, 4.69) is 54.1 Å². The summed E-state index contributed by atoms with van der Waals surface area (Å²) in [7, 11) is 0. The van der Waals surface area contributed by atoms with E-state index in [1.165, 1.54) is 5.56 Å². The van der Waals surface area contributed by atoms with Crippen molar-refractivity contribution < 1.29 is 9.15 Å². The van der Waals surface area contributed by atoms with Gasteiger partial charge in [0.2, 0.25) is 11.8 Å². The molecule has 0 spiro atoms. The summed E-state index contributed by atoms with van der Waals surface area (Å²) in [4.78, 5) is 2.42. The van der Waals surface area contributed by atoms with Crippen LogP contribution in [0, 0.1) is 6.92 Å². The van der Waals surface area contributed by atoms with Gasteiger partial charge < -0.3 is 9.15 Å². The lowest BCUT2D eigenvalue weighted by Gasteiger charge is -2.45. The number of hydrogen-bond donors (Lipinski definition) is 0. The quantitative estimate of drug-likeness (QED) is 0.818. The summed E-state index contributed by atoms with van der Waals surface area (Å²) in [6.45, 7) is 13.0. The van der Waals surface area contributed by atoms with Crippen molar-refractivity contribution in [1.29, 1.82) is 0 Å². The lowest BCUT2D eigenvalue weighted by Crippen LogP contribution is -2.57. The van der Waals surface area contributed by atoms with E-state index in [0.29, 0.717) is 12.0 Å². The van der Waals surface area contributed by atoms with E-state index in [0.717, 1.165) is 63.2 Å². The Labute approximate surface area is 154 Å². The van der Waals surface area contributed by atoms with Crippen LogP contribution in [-0.4, -0.2) is 51.2 Å². The van der Waals surface area contributed by atoms with Gasteiger partial charge in [0, 0.05) is 56.6 Å². The van der Waals surface area contributed by atoms with Gasteiger partial charge in [-0.1, -0.05) is 0 Å². The maximum Gasteiger partial charge on any atom is 0.224 e. The van der Waals surface area contributed by atoms with Crippen LogP contribution in [0.15, 0.2) is 10.6 Å². The van der Waals surface area contributed by atoms with Gasteiger partial charge in [-0.2, -0.15) is 5.10 Å². The molecule has 26 heavy (non-hydrogen) atoms. The molecule has 0 aromatic carbocycles. The van der Waals surface area contributed by atoms with Crippen molar-refractivity contribution in [2.45, 2.75) is 64.5 Å². The molecular formula is C19H29N5O2. The molecule has 4 heterocycles. The van der Waals surface area contributed by atoms with Crippen molar-refractivity contribution in [2.24, 2.45) is 0 Å². The van der Waals surface area contributed by atoms with Crippen LogP contribution in [0.4, 0.5) is 0 Å². The van der Waals surface area contributed by atoms with Crippen molar-refractivity contribution >= 4 is 0 Å². The molecule has 7 heteroatoms. The molecule has 2 aliphatic rings. The zero-order chi connectivity index (χ0) is 18.3. The van der Waals surface area contributed by atoms with Gasteiger partial charge >= 0.3 is 0 Å². The minimum Gasteiger partial charge on any atom is -0.424 e. The third-order valence-corrected chi connectivity index (χ3v) is 5.61. The van der Waals surface area contributed by atoms with Crippen LogP contribution in [0.5, 0.6) is 0 Å². The Hall–Kier alpha value is -1.73. The van der Waals surface area contributed by atoms with Crippen LogP contribution in [0.2, 0.25) is 0 Å². The Kier molecular flexibility index (Phi) is 4.61. The smallest absolute Gasteiger partial charge is 0.224 e. The number of likely N-dealkylation sites (tertiary alicyclic amines) is 1. The number of ether oxygens (including phenoxy) is 1. The minimum atomic E-state index is -0.0433. The first kappa shape index (κ1) is 17.7. The van der Waals surface area contributed by atoms with E-state index in [9.17, 15) is 0 Å². The highest BCUT2D eigenvalue weighted by molar-refractivity contribution is 5.19. The van der Waals surface area contributed by atoms with Gasteiger partial charge in [-0.3, -0.25) is 9.58 Å². The molecule has 7 nitrogen and oxygen atoms in total. The lowest BCUT2D eigenvalue weighted by molar-refractivity contribution is 0.0472. The molecule has 142 valence electrons. The summed E-state index contributed by atoms with van der Waals surface area (Å²) >= 11 is 0. The number of hydrogen-bond acceptors (Lipinski definition) is 6. The second-order valence-electron chi connectivity index (χ2n) is 8.35. The topological polar surface area (TPSA) is 69.2 Å². The fraction of sp³-hybridized carbons (Fsp3) is 0.737. The molecular weight excluding hydrogens is 330 g/mol. The molecule has 0 unspecified atom stereocenters. The molecule has 0 bridgehead atoms. The van der Waals surface area contributed by atoms with Gasteiger partial charge in [-0.15, -0.1) is 10.2 Å². The highest BCUT2D eigenvalue weighted by Gasteiger charge is 2.45. The number of aryl methyl sites for hydroxylation is 1. The summed E-state index contributed by atoms with van der Waals surface area (Å²) in [5, 5.41) is 13.3. The monoisotopic (exact) mass is 359 g/mol.